The van der Waals surface area contributed by atoms with E-state index in [9.17, 15) is 9.59 Å². The standard InChI is InChI=1S/C36H44N4O8S2/c1-25(19-27-5-9-29(43-3)10-6-27)39-21-31(23-45-35-37-15-17-49-35)47-33(41)13-14-34(42)48-32(24-46-36-38-16-18-50-36)22-40-26(2)20-28-7-11-30(44-4)12-8-28/h5-18,25-26,31-32,39-40H,19-24H2,1-4H3/b14-13-. The van der Waals surface area contributed by atoms with Crippen LogP contribution in [0.1, 0.15) is 25.0 Å². The summed E-state index contributed by atoms with van der Waals surface area (Å²) in [6.07, 6.45) is 5.59. The van der Waals surface area contributed by atoms with Crippen molar-refractivity contribution in [3.05, 3.63) is 95.0 Å². The first-order chi connectivity index (χ1) is 24.3. The van der Waals surface area contributed by atoms with Crippen LogP contribution in [0.5, 0.6) is 21.9 Å². The predicted molar refractivity (Wildman–Crippen MR) is 192 cm³/mol. The van der Waals surface area contributed by atoms with Gasteiger partial charge in [-0.15, -0.1) is 0 Å². The Balaban J connectivity index is 1.29. The van der Waals surface area contributed by atoms with E-state index in [4.69, 9.17) is 28.4 Å². The van der Waals surface area contributed by atoms with Gasteiger partial charge in [-0.25, -0.2) is 19.6 Å². The largest absolute Gasteiger partial charge is 0.497 e. The topological polar surface area (TPSA) is 139 Å². The number of methoxy groups -OCH3 is 2. The summed E-state index contributed by atoms with van der Waals surface area (Å²) in [6, 6.07) is 15.9. The molecule has 2 heterocycles. The number of ether oxygens (including phenoxy) is 6. The van der Waals surface area contributed by atoms with Gasteiger partial charge in [0, 0.05) is 60.5 Å². The molecule has 2 aromatic carbocycles. The van der Waals surface area contributed by atoms with Gasteiger partial charge in [0.2, 0.25) is 0 Å². The highest BCUT2D eigenvalue weighted by molar-refractivity contribution is 7.11. The molecule has 0 spiro atoms. The normalized spacial score (nSPS) is 13.6. The molecule has 0 saturated carbocycles. The highest BCUT2D eigenvalue weighted by Crippen LogP contribution is 2.17. The fraction of sp³-hybridized carbons (Fsp3) is 0.389. The van der Waals surface area contributed by atoms with E-state index in [1.807, 2.05) is 62.4 Å². The third kappa shape index (κ3) is 14.2. The van der Waals surface area contributed by atoms with E-state index in [2.05, 4.69) is 20.6 Å². The summed E-state index contributed by atoms with van der Waals surface area (Å²) in [7, 11) is 3.27. The zero-order valence-electron chi connectivity index (χ0n) is 28.6. The van der Waals surface area contributed by atoms with E-state index in [-0.39, 0.29) is 25.3 Å². The molecule has 0 bridgehead atoms. The van der Waals surface area contributed by atoms with Crippen molar-refractivity contribution in [1.29, 1.82) is 0 Å². The van der Waals surface area contributed by atoms with Gasteiger partial charge in [0.25, 0.3) is 10.4 Å². The summed E-state index contributed by atoms with van der Waals surface area (Å²) in [5.41, 5.74) is 2.27. The number of esters is 2. The van der Waals surface area contributed by atoms with Gasteiger partial charge in [0.05, 0.1) is 14.2 Å². The van der Waals surface area contributed by atoms with Crippen LogP contribution in [0.25, 0.3) is 0 Å². The number of rotatable bonds is 22. The minimum Gasteiger partial charge on any atom is -0.497 e. The van der Waals surface area contributed by atoms with Gasteiger partial charge < -0.3 is 39.1 Å². The van der Waals surface area contributed by atoms with Crippen LogP contribution in [-0.2, 0) is 31.9 Å². The Morgan fingerprint density at radius 3 is 1.42 bits per heavy atom. The minimum atomic E-state index is -0.707. The highest BCUT2D eigenvalue weighted by atomic mass is 32.1. The molecule has 0 aliphatic rings. The zero-order chi connectivity index (χ0) is 35.6. The SMILES string of the molecule is COc1ccc(CC(C)NCC(COc2nccs2)OC(=O)/C=C\C(=O)OC(CNC(C)Cc2ccc(OC)cc2)COc2nccs2)cc1. The van der Waals surface area contributed by atoms with Crippen molar-refractivity contribution in [2.45, 2.75) is 51.0 Å². The summed E-state index contributed by atoms with van der Waals surface area (Å²) in [5.74, 6) is 0.176. The molecule has 14 heteroatoms. The van der Waals surface area contributed by atoms with Crippen LogP contribution in [0.2, 0.25) is 0 Å². The zero-order valence-corrected chi connectivity index (χ0v) is 30.2. The molecule has 4 unspecified atom stereocenters. The number of carbonyl (C=O) groups excluding carboxylic acids is 2. The summed E-state index contributed by atoms with van der Waals surface area (Å²) in [5, 5.41) is 11.3. The fourth-order valence-corrected chi connectivity index (χ4v) is 5.74. The molecule has 0 aliphatic carbocycles. The molecule has 0 saturated heterocycles. The third-order valence-electron chi connectivity index (χ3n) is 7.32. The molecule has 2 aromatic heterocycles. The Kier molecular flexibility index (Phi) is 16.0. The molecule has 4 atom stereocenters. The molecule has 0 aliphatic heterocycles. The van der Waals surface area contributed by atoms with Gasteiger partial charge in [0.15, 0.2) is 0 Å². The Morgan fingerprint density at radius 2 is 1.08 bits per heavy atom. The summed E-state index contributed by atoms with van der Waals surface area (Å²) in [4.78, 5) is 33.9. The second-order valence-electron chi connectivity index (χ2n) is 11.4. The van der Waals surface area contributed by atoms with E-state index in [1.54, 1.807) is 37.4 Å². The van der Waals surface area contributed by atoms with Crippen LogP contribution >= 0.6 is 22.7 Å². The fourth-order valence-electron chi connectivity index (χ4n) is 4.74. The first-order valence-corrected chi connectivity index (χ1v) is 17.9. The maximum absolute atomic E-state index is 12.8. The molecular formula is C36H44N4O8S2. The first kappa shape index (κ1) is 38.3. The molecule has 4 aromatic rings. The summed E-state index contributed by atoms with van der Waals surface area (Å²) < 4.78 is 33.3. The van der Waals surface area contributed by atoms with E-state index < -0.39 is 24.1 Å². The maximum atomic E-state index is 12.8. The number of nitrogens with one attached hydrogen (secondary N) is 2. The third-order valence-corrected chi connectivity index (χ3v) is 8.68. The van der Waals surface area contributed by atoms with Crippen molar-refractivity contribution in [3.8, 4) is 21.9 Å². The lowest BCUT2D eigenvalue weighted by molar-refractivity contribution is -0.147. The van der Waals surface area contributed by atoms with Crippen LogP contribution in [0, 0.1) is 0 Å². The lowest BCUT2D eigenvalue weighted by Crippen LogP contribution is -2.40. The highest BCUT2D eigenvalue weighted by Gasteiger charge is 2.19. The van der Waals surface area contributed by atoms with Gasteiger partial charge in [-0.3, -0.25) is 0 Å². The van der Waals surface area contributed by atoms with Crippen molar-refractivity contribution in [3.63, 3.8) is 0 Å². The first-order valence-electron chi connectivity index (χ1n) is 16.2. The molecule has 0 fully saturated rings. The van der Waals surface area contributed by atoms with Crippen LogP contribution in [0.3, 0.4) is 0 Å². The molecule has 12 nitrogen and oxygen atoms in total. The second kappa shape index (κ2) is 20.9. The van der Waals surface area contributed by atoms with Crippen LogP contribution in [0.15, 0.2) is 83.8 Å². The van der Waals surface area contributed by atoms with Gasteiger partial charge in [-0.05, 0) is 62.1 Å². The predicted octanol–water partition coefficient (Wildman–Crippen LogP) is 4.90. The number of thiazole rings is 2. The van der Waals surface area contributed by atoms with Crippen LogP contribution < -0.4 is 29.6 Å². The summed E-state index contributed by atoms with van der Waals surface area (Å²) in [6.45, 7) is 4.90. The van der Waals surface area contributed by atoms with E-state index in [0.29, 0.717) is 23.5 Å². The van der Waals surface area contributed by atoms with E-state index in [1.165, 1.54) is 22.7 Å². The monoisotopic (exact) mass is 724 g/mol. The van der Waals surface area contributed by atoms with Crippen molar-refractivity contribution >= 4 is 34.6 Å². The quantitative estimate of drug-likeness (QED) is 0.0843. The maximum Gasteiger partial charge on any atom is 0.331 e. The van der Waals surface area contributed by atoms with Crippen molar-refractivity contribution in [2.75, 3.05) is 40.5 Å². The molecule has 50 heavy (non-hydrogen) atoms. The average Bonchev–Trinajstić information content (AvgIpc) is 3.85. The number of benzene rings is 2. The molecular weight excluding hydrogens is 681 g/mol. The molecule has 0 radical (unpaired) electrons. The van der Waals surface area contributed by atoms with Crippen molar-refractivity contribution < 1.29 is 38.0 Å². The number of aromatic nitrogens is 2. The van der Waals surface area contributed by atoms with Crippen LogP contribution in [0.4, 0.5) is 0 Å². The van der Waals surface area contributed by atoms with Gasteiger partial charge in [-0.1, -0.05) is 46.9 Å². The van der Waals surface area contributed by atoms with Crippen molar-refractivity contribution in [1.82, 2.24) is 20.6 Å². The van der Waals surface area contributed by atoms with E-state index in [0.717, 1.165) is 47.6 Å². The smallest absolute Gasteiger partial charge is 0.331 e. The van der Waals surface area contributed by atoms with E-state index >= 15 is 0 Å². The Bertz CT molecular complexity index is 1450. The Labute approximate surface area is 300 Å². The molecule has 268 valence electrons. The average molecular weight is 725 g/mol. The number of carbonyl (C=O) groups is 2. The number of nitrogens with zero attached hydrogens (tertiary/aromatic N) is 2. The summed E-state index contributed by atoms with van der Waals surface area (Å²) >= 11 is 2.68. The van der Waals surface area contributed by atoms with Gasteiger partial charge in [0.1, 0.15) is 36.9 Å². The van der Waals surface area contributed by atoms with Gasteiger partial charge >= 0.3 is 11.9 Å². The van der Waals surface area contributed by atoms with Crippen molar-refractivity contribution in [2.24, 2.45) is 0 Å². The lowest BCUT2D eigenvalue weighted by atomic mass is 10.1. The lowest BCUT2D eigenvalue weighted by Gasteiger charge is -2.21. The minimum absolute atomic E-state index is 0.0750. The van der Waals surface area contributed by atoms with Gasteiger partial charge in [-0.2, -0.15) is 0 Å². The van der Waals surface area contributed by atoms with Crippen LogP contribution in [-0.4, -0.2) is 86.7 Å². The second-order valence-corrected chi connectivity index (χ2v) is 13.1. The number of hydrogen-bond acceptors (Lipinski definition) is 14. The molecule has 4 rings (SSSR count). The molecule has 0 amide bonds. The number of hydrogen-bond donors (Lipinski definition) is 2. The Hall–Kier alpha value is -4.50. The Morgan fingerprint density at radius 1 is 0.680 bits per heavy atom. The molecule has 2 N–H and O–H groups in total.